The van der Waals surface area contributed by atoms with Crippen molar-refractivity contribution in [3.8, 4) is 0 Å². The highest BCUT2D eigenvalue weighted by Crippen LogP contribution is 2.29. The summed E-state index contributed by atoms with van der Waals surface area (Å²) in [5.74, 6) is 0.138. The number of carbonyl (C=O) groups excluding carboxylic acids is 2. The van der Waals surface area contributed by atoms with Gasteiger partial charge in [-0.2, -0.15) is 0 Å². The number of benzene rings is 2. The third-order valence-corrected chi connectivity index (χ3v) is 6.19. The summed E-state index contributed by atoms with van der Waals surface area (Å²) < 4.78 is 0. The van der Waals surface area contributed by atoms with E-state index in [-0.39, 0.29) is 18.2 Å². The van der Waals surface area contributed by atoms with Gasteiger partial charge in [-0.05, 0) is 74.6 Å². The van der Waals surface area contributed by atoms with Crippen LogP contribution in [0.5, 0.6) is 0 Å². The number of anilines is 1. The first-order valence-corrected chi connectivity index (χ1v) is 13.0. The minimum Gasteiger partial charge on any atom is -0.387 e. The standard InChI is InChI=1S/C29H39N5O2/c1-3-16-34(17-4-2)29(36)24-18-22-11-12-23(19-26(22)33-27(31)20-24)28(35)32-25-13-9-21(10-14-25)8-6-5-7-15-30/h9-14,18-19H,3-8,15-17,20,30H2,1-2H3,(H2,31,33)(H,32,35). The van der Waals surface area contributed by atoms with Gasteiger partial charge >= 0.3 is 0 Å². The van der Waals surface area contributed by atoms with Crippen molar-refractivity contribution in [3.63, 3.8) is 0 Å². The van der Waals surface area contributed by atoms with E-state index in [1.807, 2.05) is 41.3 Å². The second kappa shape index (κ2) is 13.6. The number of aliphatic imine (C=N–C) groups is 1. The van der Waals surface area contributed by atoms with Crippen LogP contribution in [-0.4, -0.2) is 42.2 Å². The van der Waals surface area contributed by atoms with Crippen molar-refractivity contribution in [2.75, 3.05) is 25.0 Å². The molecule has 36 heavy (non-hydrogen) atoms. The van der Waals surface area contributed by atoms with Crippen LogP contribution in [0.25, 0.3) is 6.08 Å². The van der Waals surface area contributed by atoms with E-state index < -0.39 is 0 Å². The number of fused-ring (bicyclic) bond motifs is 1. The summed E-state index contributed by atoms with van der Waals surface area (Å²) in [7, 11) is 0. The minimum absolute atomic E-state index is 0.00523. The molecule has 0 aliphatic carbocycles. The Labute approximate surface area is 214 Å². The average Bonchev–Trinajstić information content (AvgIpc) is 3.04. The van der Waals surface area contributed by atoms with E-state index in [1.165, 1.54) is 5.56 Å². The Morgan fingerprint density at radius 3 is 2.39 bits per heavy atom. The fourth-order valence-corrected chi connectivity index (χ4v) is 4.34. The molecule has 0 bridgehead atoms. The smallest absolute Gasteiger partial charge is 0.255 e. The summed E-state index contributed by atoms with van der Waals surface area (Å²) in [5.41, 5.74) is 16.2. The average molecular weight is 490 g/mol. The molecule has 192 valence electrons. The van der Waals surface area contributed by atoms with Gasteiger partial charge in [0.2, 0.25) is 5.91 Å². The lowest BCUT2D eigenvalue weighted by atomic mass is 10.0. The summed E-state index contributed by atoms with van der Waals surface area (Å²) in [6, 6.07) is 13.2. The molecule has 0 spiro atoms. The lowest BCUT2D eigenvalue weighted by Gasteiger charge is -2.22. The molecule has 0 radical (unpaired) electrons. The fourth-order valence-electron chi connectivity index (χ4n) is 4.34. The van der Waals surface area contributed by atoms with Gasteiger partial charge in [0.25, 0.3) is 5.91 Å². The van der Waals surface area contributed by atoms with Crippen LogP contribution in [0.15, 0.2) is 53.0 Å². The van der Waals surface area contributed by atoms with E-state index >= 15 is 0 Å². The quantitative estimate of drug-likeness (QED) is 0.363. The van der Waals surface area contributed by atoms with Gasteiger partial charge in [0.05, 0.1) is 5.69 Å². The van der Waals surface area contributed by atoms with Crippen LogP contribution in [0.4, 0.5) is 11.4 Å². The SMILES string of the molecule is CCCN(CCC)C(=O)C1=Cc2ccc(C(=O)Nc3ccc(CCCCCN)cc3)cc2N=C(N)C1. The van der Waals surface area contributed by atoms with Crippen LogP contribution < -0.4 is 16.8 Å². The minimum atomic E-state index is -0.219. The number of aryl methyl sites for hydroxylation is 1. The maximum absolute atomic E-state index is 13.2. The lowest BCUT2D eigenvalue weighted by molar-refractivity contribution is -0.127. The number of amides is 2. The van der Waals surface area contributed by atoms with E-state index in [2.05, 4.69) is 24.2 Å². The summed E-state index contributed by atoms with van der Waals surface area (Å²) in [5, 5.41) is 2.95. The Hall–Kier alpha value is -3.45. The molecule has 1 aliphatic heterocycles. The van der Waals surface area contributed by atoms with Crippen molar-refractivity contribution in [1.29, 1.82) is 0 Å². The van der Waals surface area contributed by atoms with Gasteiger partial charge in [0.15, 0.2) is 0 Å². The number of hydrogen-bond donors (Lipinski definition) is 3. The van der Waals surface area contributed by atoms with E-state index in [1.54, 1.807) is 12.1 Å². The maximum Gasteiger partial charge on any atom is 0.255 e. The molecule has 0 saturated heterocycles. The molecule has 7 heteroatoms. The van der Waals surface area contributed by atoms with E-state index in [0.29, 0.717) is 35.7 Å². The predicted molar refractivity (Wildman–Crippen MR) is 148 cm³/mol. The molecule has 2 aromatic rings. The van der Waals surface area contributed by atoms with Crippen LogP contribution in [0.3, 0.4) is 0 Å². The number of nitrogens with one attached hydrogen (secondary N) is 1. The topological polar surface area (TPSA) is 114 Å². The van der Waals surface area contributed by atoms with Crippen molar-refractivity contribution in [3.05, 3.63) is 64.7 Å². The first-order valence-electron chi connectivity index (χ1n) is 13.0. The van der Waals surface area contributed by atoms with Gasteiger partial charge < -0.3 is 21.7 Å². The first-order chi connectivity index (χ1) is 17.4. The van der Waals surface area contributed by atoms with Crippen molar-refractivity contribution in [1.82, 2.24) is 4.90 Å². The number of unbranched alkanes of at least 4 members (excludes halogenated alkanes) is 2. The lowest BCUT2D eigenvalue weighted by Crippen LogP contribution is -2.34. The molecular weight excluding hydrogens is 450 g/mol. The molecule has 5 N–H and O–H groups in total. The molecule has 0 fully saturated rings. The third-order valence-electron chi connectivity index (χ3n) is 6.19. The Balaban J connectivity index is 1.72. The molecule has 2 aromatic carbocycles. The van der Waals surface area contributed by atoms with Crippen molar-refractivity contribution < 1.29 is 9.59 Å². The molecular formula is C29H39N5O2. The van der Waals surface area contributed by atoms with Crippen LogP contribution in [-0.2, 0) is 11.2 Å². The zero-order chi connectivity index (χ0) is 25.9. The molecule has 1 aliphatic rings. The van der Waals surface area contributed by atoms with E-state index in [9.17, 15) is 9.59 Å². The molecule has 0 unspecified atom stereocenters. The Morgan fingerprint density at radius 1 is 1.00 bits per heavy atom. The van der Waals surface area contributed by atoms with Crippen LogP contribution in [0, 0.1) is 0 Å². The fraction of sp³-hybridized carbons (Fsp3) is 0.414. The van der Waals surface area contributed by atoms with E-state index in [4.69, 9.17) is 11.5 Å². The molecule has 7 nitrogen and oxygen atoms in total. The monoisotopic (exact) mass is 489 g/mol. The van der Waals surface area contributed by atoms with Crippen molar-refractivity contribution in [2.24, 2.45) is 16.5 Å². The molecule has 0 saturated carbocycles. The van der Waals surface area contributed by atoms with Crippen molar-refractivity contribution >= 4 is 35.1 Å². The Kier molecular flexibility index (Phi) is 10.2. The number of carbonyl (C=O) groups is 2. The highest BCUT2D eigenvalue weighted by atomic mass is 16.2. The van der Waals surface area contributed by atoms with Gasteiger partial charge in [-0.1, -0.05) is 38.5 Å². The summed E-state index contributed by atoms with van der Waals surface area (Å²) >= 11 is 0. The zero-order valence-electron chi connectivity index (χ0n) is 21.6. The first kappa shape index (κ1) is 27.1. The zero-order valence-corrected chi connectivity index (χ0v) is 21.6. The van der Waals surface area contributed by atoms with Gasteiger partial charge in [-0.15, -0.1) is 0 Å². The number of amidine groups is 1. The second-order valence-corrected chi connectivity index (χ2v) is 9.27. The van der Waals surface area contributed by atoms with Crippen LogP contribution in [0.2, 0.25) is 0 Å². The molecule has 0 atom stereocenters. The number of hydrogen-bond acceptors (Lipinski definition) is 5. The number of rotatable bonds is 12. The second-order valence-electron chi connectivity index (χ2n) is 9.27. The third kappa shape index (κ3) is 7.52. The van der Waals surface area contributed by atoms with Crippen LogP contribution >= 0.6 is 0 Å². The summed E-state index contributed by atoms with van der Waals surface area (Å²) in [6.45, 7) is 6.28. The summed E-state index contributed by atoms with van der Waals surface area (Å²) in [6.07, 6.45) is 8.23. The maximum atomic E-state index is 13.2. The van der Waals surface area contributed by atoms with Gasteiger partial charge in [0.1, 0.15) is 5.84 Å². The van der Waals surface area contributed by atoms with Gasteiger partial charge in [-0.3, -0.25) is 9.59 Å². The summed E-state index contributed by atoms with van der Waals surface area (Å²) in [4.78, 5) is 32.5. The van der Waals surface area contributed by atoms with Crippen LogP contribution in [0.1, 0.15) is 73.9 Å². The number of nitrogens with zero attached hydrogens (tertiary/aromatic N) is 2. The Bertz CT molecular complexity index is 1100. The van der Waals surface area contributed by atoms with Gasteiger partial charge in [-0.25, -0.2) is 4.99 Å². The normalized spacial score (nSPS) is 12.8. The molecule has 0 aromatic heterocycles. The largest absolute Gasteiger partial charge is 0.387 e. The molecule has 1 heterocycles. The van der Waals surface area contributed by atoms with Crippen molar-refractivity contribution in [2.45, 2.75) is 58.8 Å². The molecule has 3 rings (SSSR count). The van der Waals surface area contributed by atoms with E-state index in [0.717, 1.165) is 56.3 Å². The molecule has 2 amide bonds. The van der Waals surface area contributed by atoms with Gasteiger partial charge in [0, 0.05) is 41.9 Å². The Morgan fingerprint density at radius 2 is 1.72 bits per heavy atom. The predicted octanol–water partition coefficient (Wildman–Crippen LogP) is 5.03. The number of nitrogens with two attached hydrogens (primary N) is 2. The highest BCUT2D eigenvalue weighted by Gasteiger charge is 2.21. The highest BCUT2D eigenvalue weighted by molar-refractivity contribution is 6.07.